The Hall–Kier alpha value is -1.65. The zero-order chi connectivity index (χ0) is 23.3. The molecule has 4 rings (SSSR count). The van der Waals surface area contributed by atoms with Crippen molar-refractivity contribution >= 4 is 17.7 Å². The minimum Gasteiger partial charge on any atom is -0.469 e. The number of hydrogen-bond acceptors (Lipinski definition) is 5. The number of hydrogen-bond donors (Lipinski definition) is 0. The molecule has 0 saturated heterocycles. The van der Waals surface area contributed by atoms with E-state index < -0.39 is 0 Å². The molecule has 0 aromatic heterocycles. The van der Waals surface area contributed by atoms with Gasteiger partial charge in [-0.1, -0.05) is 26.3 Å². The lowest BCUT2D eigenvalue weighted by Gasteiger charge is -2.56. The molecule has 32 heavy (non-hydrogen) atoms. The fraction of sp³-hybridized carbons (Fsp3) is 0.815. The molecule has 4 unspecified atom stereocenters. The highest BCUT2D eigenvalue weighted by Crippen LogP contribution is 2.65. The first-order valence-corrected chi connectivity index (χ1v) is 12.6. The first kappa shape index (κ1) is 23.5. The van der Waals surface area contributed by atoms with Gasteiger partial charge in [0.2, 0.25) is 0 Å². The molecular weight excluding hydrogens is 404 g/mol. The fourth-order valence-corrected chi connectivity index (χ4v) is 8.21. The van der Waals surface area contributed by atoms with Crippen molar-refractivity contribution in [2.45, 2.75) is 91.6 Å². The lowest BCUT2D eigenvalue weighted by Crippen LogP contribution is -2.52. The van der Waals surface area contributed by atoms with E-state index in [0.29, 0.717) is 41.8 Å². The van der Waals surface area contributed by atoms with Gasteiger partial charge >= 0.3 is 11.9 Å². The maximum Gasteiger partial charge on any atom is 0.305 e. The highest BCUT2D eigenvalue weighted by atomic mass is 16.5. The van der Waals surface area contributed by atoms with Crippen LogP contribution in [-0.2, 0) is 23.9 Å². The molecule has 5 heteroatoms. The summed E-state index contributed by atoms with van der Waals surface area (Å²) in [7, 11) is 1.44. The van der Waals surface area contributed by atoms with E-state index >= 15 is 0 Å². The summed E-state index contributed by atoms with van der Waals surface area (Å²) in [6.07, 6.45) is 10.5. The third-order valence-corrected chi connectivity index (χ3v) is 10.0. The molecule has 8 atom stereocenters. The molecule has 5 nitrogen and oxygen atoms in total. The number of esters is 2. The van der Waals surface area contributed by atoms with E-state index in [2.05, 4.69) is 20.8 Å². The van der Waals surface area contributed by atoms with Crippen LogP contribution >= 0.6 is 0 Å². The molecule has 0 bridgehead atoms. The molecular formula is C27H40O5. The van der Waals surface area contributed by atoms with E-state index in [9.17, 15) is 14.4 Å². The number of allylic oxidation sites excluding steroid dienone is 2. The van der Waals surface area contributed by atoms with Crippen molar-refractivity contribution in [3.8, 4) is 0 Å². The monoisotopic (exact) mass is 444 g/mol. The van der Waals surface area contributed by atoms with Crippen LogP contribution in [0.25, 0.3) is 0 Å². The second kappa shape index (κ2) is 8.61. The van der Waals surface area contributed by atoms with Crippen LogP contribution in [0, 0.1) is 40.4 Å². The zero-order valence-corrected chi connectivity index (χ0v) is 20.4. The highest BCUT2D eigenvalue weighted by molar-refractivity contribution is 5.97. The van der Waals surface area contributed by atoms with E-state index in [0.717, 1.165) is 51.4 Å². The lowest BCUT2D eigenvalue weighted by molar-refractivity contribution is -0.151. The number of carbonyl (C=O) groups is 3. The number of methoxy groups -OCH3 is 1. The number of fused-ring (bicyclic) bond motifs is 5. The summed E-state index contributed by atoms with van der Waals surface area (Å²) in [5.41, 5.74) is 1.12. The van der Waals surface area contributed by atoms with Crippen LogP contribution < -0.4 is 0 Å². The van der Waals surface area contributed by atoms with E-state index in [4.69, 9.17) is 9.47 Å². The first-order chi connectivity index (χ1) is 15.1. The van der Waals surface area contributed by atoms with Gasteiger partial charge in [-0.3, -0.25) is 14.4 Å². The van der Waals surface area contributed by atoms with Gasteiger partial charge in [0.05, 0.1) is 7.11 Å². The SMILES string of the molecule is COC(=O)CC[C@@H](C)C1CCC2C3CCC4C[C@@H](OC(C)=O)CC[C@]4(C)C3=CC(=O)[C@@]21C. The van der Waals surface area contributed by atoms with Crippen LogP contribution in [0.4, 0.5) is 0 Å². The van der Waals surface area contributed by atoms with Gasteiger partial charge < -0.3 is 9.47 Å². The van der Waals surface area contributed by atoms with Crippen molar-refractivity contribution in [2.24, 2.45) is 40.4 Å². The van der Waals surface area contributed by atoms with E-state index in [1.807, 2.05) is 6.08 Å². The minimum absolute atomic E-state index is 0.0267. The molecule has 0 radical (unpaired) electrons. The molecule has 0 spiro atoms. The summed E-state index contributed by atoms with van der Waals surface area (Å²) in [5, 5.41) is 0. The summed E-state index contributed by atoms with van der Waals surface area (Å²) < 4.78 is 10.4. The van der Waals surface area contributed by atoms with Gasteiger partial charge in [-0.15, -0.1) is 0 Å². The maximum atomic E-state index is 13.8. The van der Waals surface area contributed by atoms with Gasteiger partial charge in [-0.2, -0.15) is 0 Å². The van der Waals surface area contributed by atoms with Crippen molar-refractivity contribution in [1.82, 2.24) is 0 Å². The number of ether oxygens (including phenoxy) is 2. The third-order valence-electron chi connectivity index (χ3n) is 10.0. The van der Waals surface area contributed by atoms with Crippen LogP contribution in [0.3, 0.4) is 0 Å². The normalized spacial score (nSPS) is 41.6. The van der Waals surface area contributed by atoms with E-state index in [-0.39, 0.29) is 28.9 Å². The van der Waals surface area contributed by atoms with Gasteiger partial charge in [0.1, 0.15) is 6.10 Å². The van der Waals surface area contributed by atoms with Crippen molar-refractivity contribution in [3.05, 3.63) is 11.6 Å². The van der Waals surface area contributed by atoms with Gasteiger partial charge in [0, 0.05) is 18.8 Å². The lowest BCUT2D eigenvalue weighted by atomic mass is 9.48. The van der Waals surface area contributed by atoms with Crippen molar-refractivity contribution < 1.29 is 23.9 Å². The summed E-state index contributed by atoms with van der Waals surface area (Å²) >= 11 is 0. The average molecular weight is 445 g/mol. The van der Waals surface area contributed by atoms with Gasteiger partial charge in [-0.05, 0) is 92.4 Å². The van der Waals surface area contributed by atoms with Gasteiger partial charge in [0.25, 0.3) is 0 Å². The Kier molecular flexibility index (Phi) is 6.32. The second-order valence-electron chi connectivity index (χ2n) is 11.4. The van der Waals surface area contributed by atoms with Crippen molar-refractivity contribution in [1.29, 1.82) is 0 Å². The quantitative estimate of drug-likeness (QED) is 0.541. The van der Waals surface area contributed by atoms with E-state index in [1.165, 1.54) is 19.6 Å². The third kappa shape index (κ3) is 3.74. The summed E-state index contributed by atoms with van der Waals surface area (Å²) in [4.78, 5) is 36.9. The average Bonchev–Trinajstić information content (AvgIpc) is 3.11. The molecule has 0 aliphatic heterocycles. The predicted molar refractivity (Wildman–Crippen MR) is 122 cm³/mol. The van der Waals surface area contributed by atoms with E-state index in [1.54, 1.807) is 0 Å². The Morgan fingerprint density at radius 1 is 1.16 bits per heavy atom. The van der Waals surface area contributed by atoms with Gasteiger partial charge in [0.15, 0.2) is 5.78 Å². The second-order valence-corrected chi connectivity index (χ2v) is 11.4. The van der Waals surface area contributed by atoms with Crippen LogP contribution in [-0.4, -0.2) is 30.9 Å². The molecule has 0 aromatic rings. The summed E-state index contributed by atoms with van der Waals surface area (Å²) in [6, 6.07) is 0. The largest absolute Gasteiger partial charge is 0.469 e. The van der Waals surface area contributed by atoms with Gasteiger partial charge in [-0.25, -0.2) is 0 Å². The molecule has 3 fully saturated rings. The summed E-state index contributed by atoms with van der Waals surface area (Å²) in [5.74, 6) is 1.99. The Labute approximate surface area is 192 Å². The number of rotatable bonds is 5. The molecule has 178 valence electrons. The fourth-order valence-electron chi connectivity index (χ4n) is 8.21. The zero-order valence-electron chi connectivity index (χ0n) is 20.4. The topological polar surface area (TPSA) is 69.7 Å². The number of ketones is 1. The predicted octanol–water partition coefficient (Wildman–Crippen LogP) is 5.27. The minimum atomic E-state index is -0.318. The molecule has 0 N–H and O–H groups in total. The first-order valence-electron chi connectivity index (χ1n) is 12.6. The Morgan fingerprint density at radius 2 is 1.91 bits per heavy atom. The molecule has 0 amide bonds. The highest BCUT2D eigenvalue weighted by Gasteiger charge is 2.61. The Balaban J connectivity index is 1.56. The smallest absolute Gasteiger partial charge is 0.305 e. The van der Waals surface area contributed by atoms with Crippen molar-refractivity contribution in [2.75, 3.05) is 7.11 Å². The molecule has 4 aliphatic rings. The number of carbonyl (C=O) groups excluding carboxylic acids is 3. The maximum absolute atomic E-state index is 13.8. The van der Waals surface area contributed by atoms with Crippen LogP contribution in [0.2, 0.25) is 0 Å². The molecule has 0 aromatic carbocycles. The Morgan fingerprint density at radius 3 is 2.59 bits per heavy atom. The van der Waals surface area contributed by atoms with Crippen molar-refractivity contribution in [3.63, 3.8) is 0 Å². The molecule has 0 heterocycles. The Bertz CT molecular complexity index is 815. The molecule has 4 aliphatic carbocycles. The molecule has 3 saturated carbocycles. The van der Waals surface area contributed by atoms with Crippen LogP contribution in [0.1, 0.15) is 85.5 Å². The standard InChI is InChI=1S/C27H40O5/c1-16(6-11-25(30)31-5)21-9-10-22-20-8-7-18-14-19(32-17(2)28)12-13-26(18,3)23(20)15-24(29)27(21,22)4/h15-16,18-22H,6-14H2,1-5H3/t16-,18?,19+,20?,21?,22?,26+,27-/m1/s1. The van der Waals surface area contributed by atoms with Crippen LogP contribution in [0.15, 0.2) is 11.6 Å². The van der Waals surface area contributed by atoms with Crippen LogP contribution in [0.5, 0.6) is 0 Å². The summed E-state index contributed by atoms with van der Waals surface area (Å²) in [6.45, 7) is 8.28.